The number of ketones is 1. The smallest absolute Gasteiger partial charge is 0.182 e. The molecule has 1 fully saturated rings. The molecule has 2 aromatic rings. The Balaban J connectivity index is 1.29. The zero-order valence-corrected chi connectivity index (χ0v) is 18.6. The minimum atomic E-state index is -3.46. The van der Waals surface area contributed by atoms with E-state index in [0.717, 1.165) is 32.5 Å². The summed E-state index contributed by atoms with van der Waals surface area (Å²) in [7, 11) is -3.46. The number of benzene rings is 2. The van der Waals surface area contributed by atoms with Crippen LogP contribution in [0.15, 0.2) is 58.6 Å². The summed E-state index contributed by atoms with van der Waals surface area (Å²) in [5.74, 6) is -0.347. The lowest BCUT2D eigenvalue weighted by Gasteiger charge is -2.32. The summed E-state index contributed by atoms with van der Waals surface area (Å²) in [5, 5.41) is 12.1. The van der Waals surface area contributed by atoms with Gasteiger partial charge >= 0.3 is 0 Å². The van der Waals surface area contributed by atoms with Crippen molar-refractivity contribution in [2.24, 2.45) is 11.1 Å². The Morgan fingerprint density at radius 2 is 1.78 bits per heavy atom. The molecule has 0 amide bonds. The van der Waals surface area contributed by atoms with E-state index < -0.39 is 15.1 Å². The predicted molar refractivity (Wildman–Crippen MR) is 119 cm³/mol. The molecule has 0 saturated carbocycles. The average Bonchev–Trinajstić information content (AvgIpc) is 2.81. The number of nitrogens with zero attached hydrogens (tertiary/aromatic N) is 2. The first kappa shape index (κ1) is 22.6. The number of oxime groups is 1. The van der Waals surface area contributed by atoms with Crippen LogP contribution in [0.1, 0.15) is 48.0 Å². The molecular formula is C24H27FN2O4S. The van der Waals surface area contributed by atoms with E-state index in [2.05, 4.69) is 10.1 Å². The van der Waals surface area contributed by atoms with Crippen molar-refractivity contribution < 1.29 is 22.8 Å². The molecule has 0 radical (unpaired) electrons. The van der Waals surface area contributed by atoms with Gasteiger partial charge in [-0.3, -0.25) is 4.79 Å². The normalized spacial score (nSPS) is 22.5. The Labute approximate surface area is 187 Å². The molecule has 1 saturated heterocycles. The summed E-state index contributed by atoms with van der Waals surface area (Å²) < 4.78 is 39.1. The minimum Gasteiger partial charge on any atom is -0.411 e. The van der Waals surface area contributed by atoms with Gasteiger partial charge in [0.05, 0.1) is 15.9 Å². The first-order chi connectivity index (χ1) is 15.4. The van der Waals surface area contributed by atoms with Crippen LogP contribution < -0.4 is 0 Å². The number of hydrogen-bond donors (Lipinski definition) is 1. The molecule has 1 atom stereocenters. The fourth-order valence-electron chi connectivity index (χ4n) is 4.73. The molecule has 1 N–H and O–H groups in total. The van der Waals surface area contributed by atoms with Crippen LogP contribution in [-0.4, -0.2) is 54.9 Å². The zero-order chi connectivity index (χ0) is 22.7. The van der Waals surface area contributed by atoms with Crippen molar-refractivity contribution in [1.82, 2.24) is 4.90 Å². The SMILES string of the molecule is O=C(c1ccc(F)cc1)C1CCN(CCCC2C/C(=N/O)c3ccccc3S2(=O)=O)CC1. The number of likely N-dealkylation sites (tertiary alicyclic amines) is 1. The van der Waals surface area contributed by atoms with Gasteiger partial charge in [-0.05, 0) is 75.6 Å². The van der Waals surface area contributed by atoms with Gasteiger partial charge in [0.1, 0.15) is 5.82 Å². The lowest BCUT2D eigenvalue weighted by Crippen LogP contribution is -2.38. The number of rotatable bonds is 6. The number of piperidine rings is 1. The van der Waals surface area contributed by atoms with Crippen molar-refractivity contribution in [3.8, 4) is 0 Å². The van der Waals surface area contributed by atoms with Crippen LogP contribution in [0.3, 0.4) is 0 Å². The summed E-state index contributed by atoms with van der Waals surface area (Å²) in [5.41, 5.74) is 1.45. The number of halogens is 1. The molecule has 32 heavy (non-hydrogen) atoms. The Kier molecular flexibility index (Phi) is 6.71. The minimum absolute atomic E-state index is 0.0599. The highest BCUT2D eigenvalue weighted by Crippen LogP contribution is 2.32. The lowest BCUT2D eigenvalue weighted by molar-refractivity contribution is 0.0839. The molecule has 170 valence electrons. The van der Waals surface area contributed by atoms with Gasteiger partial charge < -0.3 is 10.1 Å². The molecular weight excluding hydrogens is 431 g/mol. The van der Waals surface area contributed by atoms with Crippen LogP contribution in [0, 0.1) is 11.7 Å². The number of Topliss-reactive ketones (excluding diaryl/α,β-unsaturated/α-hetero) is 1. The molecule has 0 spiro atoms. The second kappa shape index (κ2) is 9.50. The van der Waals surface area contributed by atoms with E-state index in [4.69, 9.17) is 0 Å². The van der Waals surface area contributed by atoms with Gasteiger partial charge in [0.15, 0.2) is 15.6 Å². The molecule has 6 nitrogen and oxygen atoms in total. The maximum atomic E-state index is 13.1. The fraction of sp³-hybridized carbons (Fsp3) is 0.417. The highest BCUT2D eigenvalue weighted by molar-refractivity contribution is 7.92. The average molecular weight is 459 g/mol. The van der Waals surface area contributed by atoms with Crippen molar-refractivity contribution in [3.63, 3.8) is 0 Å². The molecule has 4 rings (SSSR count). The number of sulfone groups is 1. The van der Waals surface area contributed by atoms with Gasteiger partial charge in [0.25, 0.3) is 0 Å². The summed E-state index contributed by atoms with van der Waals surface area (Å²) in [6, 6.07) is 12.4. The van der Waals surface area contributed by atoms with E-state index in [0.29, 0.717) is 29.7 Å². The number of hydrogen-bond acceptors (Lipinski definition) is 6. The van der Waals surface area contributed by atoms with Gasteiger partial charge in [-0.25, -0.2) is 12.8 Å². The third kappa shape index (κ3) is 4.61. The molecule has 8 heteroatoms. The first-order valence-electron chi connectivity index (χ1n) is 11.0. The lowest BCUT2D eigenvalue weighted by atomic mass is 9.89. The van der Waals surface area contributed by atoms with Gasteiger partial charge in [-0.15, -0.1) is 0 Å². The quantitative estimate of drug-likeness (QED) is 0.403. The summed E-state index contributed by atoms with van der Waals surface area (Å²) in [4.78, 5) is 15.1. The van der Waals surface area contributed by atoms with Gasteiger partial charge in [0, 0.05) is 23.5 Å². The van der Waals surface area contributed by atoms with Crippen LogP contribution in [-0.2, 0) is 9.84 Å². The predicted octanol–water partition coefficient (Wildman–Crippen LogP) is 3.93. The van der Waals surface area contributed by atoms with E-state index in [1.807, 2.05) is 0 Å². The zero-order valence-electron chi connectivity index (χ0n) is 17.8. The monoisotopic (exact) mass is 458 g/mol. The first-order valence-corrected chi connectivity index (χ1v) is 12.5. The standard InChI is InChI=1S/C24H27FN2O4S/c25-19-9-7-17(8-10-19)24(28)18-11-14-27(15-12-18)13-3-4-20-16-22(26-29)21-5-1-2-6-23(21)32(20,30)31/h1-2,5-10,18,20,29H,3-4,11-16H2/b26-22-. The van der Waals surface area contributed by atoms with Gasteiger partial charge in [-0.1, -0.05) is 23.4 Å². The highest BCUT2D eigenvalue weighted by Gasteiger charge is 2.37. The van der Waals surface area contributed by atoms with Crippen molar-refractivity contribution in [2.75, 3.05) is 19.6 Å². The van der Waals surface area contributed by atoms with Crippen molar-refractivity contribution >= 4 is 21.3 Å². The van der Waals surface area contributed by atoms with Crippen LogP contribution in [0.2, 0.25) is 0 Å². The maximum absolute atomic E-state index is 13.1. The highest BCUT2D eigenvalue weighted by atomic mass is 32.2. The molecule has 2 aromatic carbocycles. The summed E-state index contributed by atoms with van der Waals surface area (Å²) in [6.45, 7) is 2.32. The van der Waals surface area contributed by atoms with Crippen LogP contribution in [0.25, 0.3) is 0 Å². The third-order valence-corrected chi connectivity index (χ3v) is 8.82. The topological polar surface area (TPSA) is 87.0 Å². The molecule has 1 unspecified atom stereocenters. The Morgan fingerprint density at radius 3 is 2.47 bits per heavy atom. The number of carbonyl (C=O) groups excluding carboxylic acids is 1. The Morgan fingerprint density at radius 1 is 1.09 bits per heavy atom. The molecule has 0 bridgehead atoms. The second-order valence-electron chi connectivity index (χ2n) is 8.54. The third-order valence-electron chi connectivity index (χ3n) is 6.57. The molecule has 2 aliphatic heterocycles. The van der Waals surface area contributed by atoms with Crippen molar-refractivity contribution in [3.05, 3.63) is 65.5 Å². The van der Waals surface area contributed by atoms with Crippen molar-refractivity contribution in [2.45, 2.75) is 42.2 Å². The van der Waals surface area contributed by atoms with E-state index in [1.54, 1.807) is 24.3 Å². The molecule has 0 aliphatic carbocycles. The second-order valence-corrected chi connectivity index (χ2v) is 10.7. The van der Waals surface area contributed by atoms with Crippen LogP contribution >= 0.6 is 0 Å². The molecule has 0 aromatic heterocycles. The fourth-order valence-corrected chi connectivity index (χ4v) is 6.71. The van der Waals surface area contributed by atoms with E-state index >= 15 is 0 Å². The van der Waals surface area contributed by atoms with Crippen molar-refractivity contribution in [1.29, 1.82) is 0 Å². The van der Waals surface area contributed by atoms with Gasteiger partial charge in [-0.2, -0.15) is 0 Å². The maximum Gasteiger partial charge on any atom is 0.182 e. The molecule has 2 aliphatic rings. The Hall–Kier alpha value is -2.58. The van der Waals surface area contributed by atoms with Crippen LogP contribution in [0.4, 0.5) is 4.39 Å². The summed E-state index contributed by atoms with van der Waals surface area (Å²) in [6.07, 6.45) is 2.90. The van der Waals surface area contributed by atoms with E-state index in [1.165, 1.54) is 24.3 Å². The molecule has 2 heterocycles. The Bertz CT molecular complexity index is 1110. The van der Waals surface area contributed by atoms with Crippen LogP contribution in [0.5, 0.6) is 0 Å². The number of carbonyl (C=O) groups is 1. The largest absolute Gasteiger partial charge is 0.411 e. The van der Waals surface area contributed by atoms with E-state index in [9.17, 15) is 22.8 Å². The van der Waals surface area contributed by atoms with Gasteiger partial charge in [0.2, 0.25) is 0 Å². The summed E-state index contributed by atoms with van der Waals surface area (Å²) >= 11 is 0. The number of fused-ring (bicyclic) bond motifs is 1. The van der Waals surface area contributed by atoms with E-state index in [-0.39, 0.29) is 28.8 Å².